The fraction of sp³-hybridized carbons (Fsp3) is 0.500. The lowest BCUT2D eigenvalue weighted by atomic mass is 10.5. The maximum absolute atomic E-state index is 12.2. The van der Waals surface area contributed by atoms with Crippen LogP contribution >= 0.6 is 11.3 Å². The van der Waals surface area contributed by atoms with E-state index >= 15 is 0 Å². The topological polar surface area (TPSA) is 92.5 Å². The molecular weight excluding hydrogens is 274 g/mol. The molecule has 0 bridgehead atoms. The van der Waals surface area contributed by atoms with Crippen LogP contribution in [0.15, 0.2) is 15.7 Å². The number of likely N-dealkylation sites (N-methyl/N-ethyl adjacent to an activating group) is 2. The van der Waals surface area contributed by atoms with Crippen molar-refractivity contribution in [3.63, 3.8) is 0 Å². The zero-order valence-electron chi connectivity index (χ0n) is 10.3. The van der Waals surface area contributed by atoms with Crippen LogP contribution in [-0.4, -0.2) is 38.3 Å². The highest BCUT2D eigenvalue weighted by molar-refractivity contribution is 7.91. The number of nitrogens with two attached hydrogens (primary N) is 1. The summed E-state index contributed by atoms with van der Waals surface area (Å²) in [6, 6.07) is 1.40. The molecule has 0 saturated heterocycles. The number of nitrogens with zero attached hydrogens (tertiary/aromatic N) is 1. The van der Waals surface area contributed by atoms with E-state index in [4.69, 9.17) is 5.73 Å². The van der Waals surface area contributed by atoms with Gasteiger partial charge in [-0.2, -0.15) is 4.31 Å². The van der Waals surface area contributed by atoms with Crippen molar-refractivity contribution < 1.29 is 13.2 Å². The van der Waals surface area contributed by atoms with Gasteiger partial charge in [0, 0.05) is 24.2 Å². The quantitative estimate of drug-likeness (QED) is 0.797. The molecule has 8 heteroatoms. The van der Waals surface area contributed by atoms with Crippen LogP contribution in [0, 0.1) is 0 Å². The van der Waals surface area contributed by atoms with Gasteiger partial charge in [-0.3, -0.25) is 4.79 Å². The Labute approximate surface area is 111 Å². The Balaban J connectivity index is 2.90. The number of sulfonamides is 1. The first kappa shape index (κ1) is 14.9. The number of anilines is 1. The molecule has 0 aliphatic carbocycles. The molecule has 1 aromatic rings. The molecule has 1 aromatic heterocycles. The summed E-state index contributed by atoms with van der Waals surface area (Å²) in [5, 5.41) is 4.14. The number of nitrogen functional groups attached to an aromatic ring is 1. The van der Waals surface area contributed by atoms with Gasteiger partial charge in [-0.25, -0.2) is 8.42 Å². The molecule has 18 heavy (non-hydrogen) atoms. The first-order chi connectivity index (χ1) is 8.41. The van der Waals surface area contributed by atoms with E-state index in [2.05, 4.69) is 5.32 Å². The maximum atomic E-state index is 12.2. The van der Waals surface area contributed by atoms with Crippen LogP contribution in [0.5, 0.6) is 0 Å². The molecular formula is C10H17N3O3S2. The first-order valence-corrected chi connectivity index (χ1v) is 7.84. The Morgan fingerprint density at radius 3 is 2.61 bits per heavy atom. The van der Waals surface area contributed by atoms with Gasteiger partial charge in [-0.15, -0.1) is 11.3 Å². The molecule has 0 fully saturated rings. The average Bonchev–Trinajstić information content (AvgIpc) is 2.73. The van der Waals surface area contributed by atoms with Crippen LogP contribution in [0.1, 0.15) is 13.8 Å². The predicted molar refractivity (Wildman–Crippen MR) is 71.8 cm³/mol. The Morgan fingerprint density at radius 2 is 2.17 bits per heavy atom. The number of hydrogen-bond acceptors (Lipinski definition) is 5. The number of nitrogens with one attached hydrogen (secondary N) is 1. The maximum Gasteiger partial charge on any atom is 0.253 e. The van der Waals surface area contributed by atoms with E-state index in [1.165, 1.54) is 6.07 Å². The fourth-order valence-corrected chi connectivity index (χ4v) is 4.01. The third-order valence-electron chi connectivity index (χ3n) is 2.24. The molecule has 1 amide bonds. The second-order valence-electron chi connectivity index (χ2n) is 3.58. The van der Waals surface area contributed by atoms with E-state index in [-0.39, 0.29) is 23.2 Å². The third kappa shape index (κ3) is 3.44. The van der Waals surface area contributed by atoms with Crippen molar-refractivity contribution in [3.8, 4) is 0 Å². The molecule has 0 spiro atoms. The molecule has 102 valence electrons. The first-order valence-electron chi connectivity index (χ1n) is 5.52. The zero-order valence-corrected chi connectivity index (χ0v) is 12.0. The number of rotatable bonds is 6. The predicted octanol–water partition coefficient (Wildman–Crippen LogP) is 0.477. The van der Waals surface area contributed by atoms with Gasteiger partial charge in [0.05, 0.1) is 6.54 Å². The molecule has 0 radical (unpaired) electrons. The molecule has 0 saturated carbocycles. The smallest absolute Gasteiger partial charge is 0.253 e. The molecule has 6 nitrogen and oxygen atoms in total. The van der Waals surface area contributed by atoms with Crippen molar-refractivity contribution >= 4 is 33.0 Å². The summed E-state index contributed by atoms with van der Waals surface area (Å²) in [6.45, 7) is 4.00. The summed E-state index contributed by atoms with van der Waals surface area (Å²) in [5.74, 6) is -0.313. The number of carbonyl (C=O) groups is 1. The highest BCUT2D eigenvalue weighted by Gasteiger charge is 2.26. The molecule has 3 N–H and O–H groups in total. The van der Waals surface area contributed by atoms with E-state index in [1.807, 2.05) is 0 Å². The monoisotopic (exact) mass is 291 g/mol. The van der Waals surface area contributed by atoms with Crippen molar-refractivity contribution in [3.05, 3.63) is 11.4 Å². The van der Waals surface area contributed by atoms with Gasteiger partial charge in [0.1, 0.15) is 4.21 Å². The Hall–Kier alpha value is -1.12. The fourth-order valence-electron chi connectivity index (χ4n) is 1.37. The highest BCUT2D eigenvalue weighted by Crippen LogP contribution is 2.24. The lowest BCUT2D eigenvalue weighted by Gasteiger charge is -2.18. The van der Waals surface area contributed by atoms with E-state index in [1.54, 1.807) is 19.2 Å². The van der Waals surface area contributed by atoms with Crippen molar-refractivity contribution in [2.45, 2.75) is 18.1 Å². The second-order valence-corrected chi connectivity index (χ2v) is 6.66. The number of amides is 1. The minimum absolute atomic E-state index is 0.158. The molecule has 0 atom stereocenters. The van der Waals surface area contributed by atoms with Crippen LogP contribution < -0.4 is 11.1 Å². The van der Waals surface area contributed by atoms with Gasteiger partial charge in [0.2, 0.25) is 5.91 Å². The van der Waals surface area contributed by atoms with Gasteiger partial charge in [0.25, 0.3) is 10.0 Å². The molecule has 0 aromatic carbocycles. The zero-order chi connectivity index (χ0) is 13.8. The number of hydrogen-bond donors (Lipinski definition) is 2. The standard InChI is InChI=1S/C10H17N3O3S2/c1-3-12-9(14)6-13(4-2)18(15,16)10-5-8(11)7-17-10/h5,7H,3-4,6,11H2,1-2H3,(H,12,14). The van der Waals surface area contributed by atoms with Gasteiger partial charge in [-0.05, 0) is 13.0 Å². The molecule has 1 heterocycles. The minimum atomic E-state index is -3.63. The average molecular weight is 291 g/mol. The highest BCUT2D eigenvalue weighted by atomic mass is 32.2. The second kappa shape index (κ2) is 6.17. The van der Waals surface area contributed by atoms with E-state index in [0.717, 1.165) is 15.6 Å². The van der Waals surface area contributed by atoms with Gasteiger partial charge in [-0.1, -0.05) is 6.92 Å². The summed E-state index contributed by atoms with van der Waals surface area (Å²) in [4.78, 5) is 11.5. The molecule has 1 rings (SSSR count). The summed E-state index contributed by atoms with van der Waals surface area (Å²) in [5.41, 5.74) is 5.92. The SMILES string of the molecule is CCNC(=O)CN(CC)S(=O)(=O)c1cc(N)cs1. The van der Waals surface area contributed by atoms with Crippen molar-refractivity contribution in [2.75, 3.05) is 25.4 Å². The van der Waals surface area contributed by atoms with Crippen LogP contribution in [0.3, 0.4) is 0 Å². The number of carbonyl (C=O) groups excluding carboxylic acids is 1. The molecule has 0 aliphatic rings. The van der Waals surface area contributed by atoms with E-state index in [9.17, 15) is 13.2 Å². The summed E-state index contributed by atoms with van der Waals surface area (Å²) in [6.07, 6.45) is 0. The van der Waals surface area contributed by atoms with Gasteiger partial charge >= 0.3 is 0 Å². The van der Waals surface area contributed by atoms with Crippen molar-refractivity contribution in [2.24, 2.45) is 0 Å². The summed E-state index contributed by atoms with van der Waals surface area (Å²) in [7, 11) is -3.63. The van der Waals surface area contributed by atoms with Crippen LogP contribution in [0.2, 0.25) is 0 Å². The number of thiophene rings is 1. The third-order valence-corrected chi connectivity index (χ3v) is 5.59. The summed E-state index contributed by atoms with van der Waals surface area (Å²) < 4.78 is 25.7. The van der Waals surface area contributed by atoms with Gasteiger partial charge in [0.15, 0.2) is 0 Å². The Bertz CT molecular complexity index is 510. The van der Waals surface area contributed by atoms with Crippen LogP contribution in [0.4, 0.5) is 5.69 Å². The molecule has 0 unspecified atom stereocenters. The van der Waals surface area contributed by atoms with Crippen LogP contribution in [-0.2, 0) is 14.8 Å². The van der Waals surface area contributed by atoms with Crippen LogP contribution in [0.25, 0.3) is 0 Å². The molecule has 0 aliphatic heterocycles. The Kier molecular flexibility index (Phi) is 5.12. The Morgan fingerprint density at radius 1 is 1.50 bits per heavy atom. The van der Waals surface area contributed by atoms with E-state index in [0.29, 0.717) is 12.2 Å². The van der Waals surface area contributed by atoms with E-state index < -0.39 is 10.0 Å². The van der Waals surface area contributed by atoms with Crippen molar-refractivity contribution in [1.29, 1.82) is 0 Å². The lowest BCUT2D eigenvalue weighted by Crippen LogP contribution is -2.40. The van der Waals surface area contributed by atoms with Crippen molar-refractivity contribution in [1.82, 2.24) is 9.62 Å². The lowest BCUT2D eigenvalue weighted by molar-refractivity contribution is -0.121. The largest absolute Gasteiger partial charge is 0.398 e. The van der Waals surface area contributed by atoms with Gasteiger partial charge < -0.3 is 11.1 Å². The minimum Gasteiger partial charge on any atom is -0.398 e. The normalized spacial score (nSPS) is 11.7. The summed E-state index contributed by atoms with van der Waals surface area (Å²) >= 11 is 1.05.